The molecule has 0 N–H and O–H groups in total. The molecule has 0 saturated heterocycles. The van der Waals surface area contributed by atoms with Gasteiger partial charge in [-0.15, -0.1) is 0 Å². The molecule has 35 heavy (non-hydrogen) atoms. The summed E-state index contributed by atoms with van der Waals surface area (Å²) < 4.78 is 6.60. The van der Waals surface area contributed by atoms with Crippen LogP contribution in [-0.2, 0) is 4.79 Å². The summed E-state index contributed by atoms with van der Waals surface area (Å²) in [4.78, 5) is 33.9. The number of amides is 1. The zero-order chi connectivity index (χ0) is 25.3. The molecule has 10 nitrogen and oxygen atoms in total. The molecule has 0 fully saturated rings. The fraction of sp³-hybridized carbons (Fsp3) is 0.0435. The summed E-state index contributed by atoms with van der Waals surface area (Å²) in [5.41, 5.74) is 1.28. The molecule has 176 valence electrons. The number of carbonyl (C=O) groups excluding carboxylic acids is 1. The third kappa shape index (κ3) is 4.98. The van der Waals surface area contributed by atoms with Crippen molar-refractivity contribution in [2.75, 3.05) is 5.01 Å². The summed E-state index contributed by atoms with van der Waals surface area (Å²) in [5.74, 6) is -0.221. The third-order valence-corrected chi connectivity index (χ3v) is 6.14. The molecule has 1 amide bonds. The second-order valence-electron chi connectivity index (χ2n) is 7.28. The Balaban J connectivity index is 1.65. The second kappa shape index (κ2) is 9.76. The van der Waals surface area contributed by atoms with Crippen molar-refractivity contribution in [1.29, 1.82) is 0 Å². The summed E-state index contributed by atoms with van der Waals surface area (Å²) >= 11 is 6.79. The van der Waals surface area contributed by atoms with Crippen molar-refractivity contribution in [2.24, 2.45) is 5.10 Å². The fourth-order valence-corrected chi connectivity index (χ4v) is 4.70. The van der Waals surface area contributed by atoms with Crippen molar-refractivity contribution in [1.82, 2.24) is 0 Å². The Morgan fingerprint density at radius 2 is 1.63 bits per heavy atom. The maximum atomic E-state index is 13.0. The van der Waals surface area contributed by atoms with E-state index >= 15 is 0 Å². The van der Waals surface area contributed by atoms with Crippen LogP contribution in [0.15, 0.2) is 80.3 Å². The van der Waals surface area contributed by atoms with Crippen LogP contribution >= 0.6 is 31.9 Å². The number of benzene rings is 3. The van der Waals surface area contributed by atoms with Gasteiger partial charge in [0.2, 0.25) is 5.75 Å². The Labute approximate surface area is 215 Å². The van der Waals surface area contributed by atoms with Crippen molar-refractivity contribution < 1.29 is 19.4 Å². The smallest absolute Gasteiger partial charge is 0.318 e. The number of halogens is 2. The second-order valence-corrected chi connectivity index (χ2v) is 8.99. The highest BCUT2D eigenvalue weighted by Gasteiger charge is 2.29. The molecule has 1 heterocycles. The molecular formula is C23H14Br2N4O6. The molecule has 3 aromatic carbocycles. The Morgan fingerprint density at radius 3 is 2.23 bits per heavy atom. The molecule has 0 aliphatic carbocycles. The van der Waals surface area contributed by atoms with Crippen LogP contribution in [0.2, 0.25) is 0 Å². The van der Waals surface area contributed by atoms with E-state index in [2.05, 4.69) is 37.0 Å². The monoisotopic (exact) mass is 600 g/mol. The predicted molar refractivity (Wildman–Crippen MR) is 137 cm³/mol. The van der Waals surface area contributed by atoms with Gasteiger partial charge in [-0.2, -0.15) is 10.1 Å². The topological polar surface area (TPSA) is 128 Å². The van der Waals surface area contributed by atoms with Gasteiger partial charge in [-0.1, -0.05) is 18.2 Å². The van der Waals surface area contributed by atoms with Gasteiger partial charge in [0.1, 0.15) is 0 Å². The molecule has 0 spiro atoms. The lowest BCUT2D eigenvalue weighted by atomic mass is 10.1. The third-order valence-electron chi connectivity index (χ3n) is 4.96. The van der Waals surface area contributed by atoms with Gasteiger partial charge in [0.15, 0.2) is 5.75 Å². The van der Waals surface area contributed by atoms with E-state index in [9.17, 15) is 25.0 Å². The predicted octanol–water partition coefficient (Wildman–Crippen LogP) is 6.63. The van der Waals surface area contributed by atoms with Gasteiger partial charge >= 0.3 is 5.69 Å². The van der Waals surface area contributed by atoms with E-state index in [1.54, 1.807) is 37.3 Å². The van der Waals surface area contributed by atoms with Crippen LogP contribution in [0.5, 0.6) is 11.5 Å². The van der Waals surface area contributed by atoms with Gasteiger partial charge in [-0.25, -0.2) is 0 Å². The number of hydrazone groups is 1. The number of nitrogens with zero attached hydrogens (tertiary/aromatic N) is 4. The van der Waals surface area contributed by atoms with E-state index in [-0.39, 0.29) is 17.4 Å². The largest absolute Gasteiger partial charge is 0.448 e. The first-order valence-corrected chi connectivity index (χ1v) is 11.5. The minimum absolute atomic E-state index is 0.166. The number of ether oxygens (including phenoxy) is 1. The van der Waals surface area contributed by atoms with E-state index in [1.165, 1.54) is 11.1 Å². The van der Waals surface area contributed by atoms with Crippen molar-refractivity contribution in [3.05, 3.63) is 101 Å². The van der Waals surface area contributed by atoms with Gasteiger partial charge in [0.25, 0.3) is 11.6 Å². The van der Waals surface area contributed by atoms with Gasteiger partial charge in [0.05, 0.1) is 41.8 Å². The first-order valence-electron chi connectivity index (χ1n) is 9.92. The van der Waals surface area contributed by atoms with Crippen LogP contribution < -0.4 is 9.75 Å². The molecule has 0 bridgehead atoms. The number of nitro benzene ring substituents is 2. The summed E-state index contributed by atoms with van der Waals surface area (Å²) in [6.07, 6.45) is 1.68. The maximum absolute atomic E-state index is 13.0. The lowest BCUT2D eigenvalue weighted by molar-refractivity contribution is -0.394. The highest BCUT2D eigenvalue weighted by atomic mass is 79.9. The van der Waals surface area contributed by atoms with Gasteiger partial charge < -0.3 is 4.74 Å². The summed E-state index contributed by atoms with van der Waals surface area (Å²) in [5, 5.41) is 28.1. The Hall–Kier alpha value is -3.90. The molecule has 1 aliphatic heterocycles. The van der Waals surface area contributed by atoms with E-state index in [4.69, 9.17) is 4.74 Å². The molecule has 0 atom stereocenters. The number of nitro groups is 2. The van der Waals surface area contributed by atoms with Crippen LogP contribution in [0.1, 0.15) is 12.5 Å². The van der Waals surface area contributed by atoms with Crippen LogP contribution in [0, 0.1) is 20.2 Å². The number of anilines is 1. The van der Waals surface area contributed by atoms with Crippen molar-refractivity contribution in [2.45, 2.75) is 6.92 Å². The normalized spacial score (nSPS) is 14.3. The molecule has 12 heteroatoms. The average molecular weight is 602 g/mol. The molecule has 0 unspecified atom stereocenters. The lowest BCUT2D eigenvalue weighted by Crippen LogP contribution is -2.21. The lowest BCUT2D eigenvalue weighted by Gasteiger charge is -2.12. The number of rotatable bonds is 6. The number of para-hydroxylation sites is 1. The van der Waals surface area contributed by atoms with Crippen LogP contribution in [0.4, 0.5) is 17.1 Å². The van der Waals surface area contributed by atoms with Gasteiger partial charge in [-0.3, -0.25) is 25.0 Å². The van der Waals surface area contributed by atoms with Crippen molar-refractivity contribution in [3.8, 4) is 11.5 Å². The summed E-state index contributed by atoms with van der Waals surface area (Å²) in [7, 11) is 0. The standard InChI is InChI=1S/C23H14Br2N4O6/c1-13-17(23(30)27(26-13)15-5-3-2-4-6-15)9-14-10-18(24)22(19(25)11-14)35-21-8-7-16(28(31)32)12-20(21)29(33)34/h2-12H,1H3/b17-9+. The summed E-state index contributed by atoms with van der Waals surface area (Å²) in [6.45, 7) is 1.74. The molecular weight excluding hydrogens is 588 g/mol. The van der Waals surface area contributed by atoms with Gasteiger partial charge in [0, 0.05) is 6.07 Å². The molecule has 0 saturated carbocycles. The molecule has 0 radical (unpaired) electrons. The SMILES string of the molecule is CC1=NN(c2ccccc2)C(=O)/C1=C/c1cc(Br)c(Oc2ccc([N+](=O)[O-])cc2[N+](=O)[O-])c(Br)c1. The average Bonchev–Trinajstić information content (AvgIpc) is 3.10. The van der Waals surface area contributed by atoms with Crippen molar-refractivity contribution in [3.63, 3.8) is 0 Å². The number of hydrogen-bond acceptors (Lipinski definition) is 7. The van der Waals surface area contributed by atoms with E-state index < -0.39 is 21.2 Å². The van der Waals surface area contributed by atoms with Gasteiger partial charge in [-0.05, 0) is 80.8 Å². The fourth-order valence-electron chi connectivity index (χ4n) is 3.31. The van der Waals surface area contributed by atoms with Crippen LogP contribution in [0.3, 0.4) is 0 Å². The maximum Gasteiger partial charge on any atom is 0.318 e. The first-order chi connectivity index (χ1) is 16.7. The minimum Gasteiger partial charge on any atom is -0.448 e. The molecule has 0 aromatic heterocycles. The Morgan fingerprint density at radius 1 is 0.971 bits per heavy atom. The molecule has 4 rings (SSSR count). The zero-order valence-corrected chi connectivity index (χ0v) is 21.0. The Bertz CT molecular complexity index is 1420. The molecule has 3 aromatic rings. The van der Waals surface area contributed by atoms with Crippen LogP contribution in [-0.4, -0.2) is 21.5 Å². The van der Waals surface area contributed by atoms with E-state index in [0.717, 1.165) is 12.1 Å². The quantitative estimate of drug-likeness (QED) is 0.177. The minimum atomic E-state index is -0.755. The highest BCUT2D eigenvalue weighted by Crippen LogP contribution is 2.42. The highest BCUT2D eigenvalue weighted by molar-refractivity contribution is 9.11. The zero-order valence-electron chi connectivity index (χ0n) is 17.8. The number of hydrogen-bond donors (Lipinski definition) is 0. The number of carbonyl (C=O) groups is 1. The molecule has 1 aliphatic rings. The summed E-state index contributed by atoms with van der Waals surface area (Å²) in [6, 6.07) is 15.5. The first kappa shape index (κ1) is 24.2. The van der Waals surface area contributed by atoms with E-state index in [1.807, 2.05) is 18.2 Å². The van der Waals surface area contributed by atoms with Crippen molar-refractivity contribution >= 4 is 66.6 Å². The Kier molecular flexibility index (Phi) is 6.76. The number of non-ortho nitro benzene ring substituents is 1. The van der Waals surface area contributed by atoms with Crippen LogP contribution in [0.25, 0.3) is 6.08 Å². The van der Waals surface area contributed by atoms with E-state index in [0.29, 0.717) is 31.5 Å².